The zero-order valence-corrected chi connectivity index (χ0v) is 25.8. The van der Waals surface area contributed by atoms with Gasteiger partial charge in [0.05, 0.1) is 30.0 Å². The molecule has 0 unspecified atom stereocenters. The number of sulfonamides is 1. The van der Waals surface area contributed by atoms with Crippen LogP contribution in [0.5, 0.6) is 5.75 Å². The Morgan fingerprint density at radius 2 is 1.61 bits per heavy atom. The third kappa shape index (κ3) is 5.94. The monoisotopic (exact) mass is 632 g/mol. The van der Waals surface area contributed by atoms with Gasteiger partial charge in [0.15, 0.2) is 11.0 Å². The topological polar surface area (TPSA) is 127 Å². The first kappa shape index (κ1) is 29.9. The molecule has 1 N–H and O–H groups in total. The van der Waals surface area contributed by atoms with Gasteiger partial charge in [0.25, 0.3) is 5.91 Å². The summed E-state index contributed by atoms with van der Waals surface area (Å²) in [5, 5.41) is 12.1. The zero-order valence-electron chi connectivity index (χ0n) is 24.2. The van der Waals surface area contributed by atoms with Crippen LogP contribution >= 0.6 is 11.8 Å². The molecule has 2 aliphatic heterocycles. The molecule has 1 saturated heterocycles. The van der Waals surface area contributed by atoms with Gasteiger partial charge in [-0.1, -0.05) is 42.1 Å². The van der Waals surface area contributed by atoms with E-state index in [9.17, 15) is 18.0 Å². The number of nitrogens with zero attached hydrogens (tertiary/aromatic N) is 5. The highest BCUT2D eigenvalue weighted by Gasteiger charge is 2.28. The molecule has 13 heteroatoms. The lowest BCUT2D eigenvalue weighted by Gasteiger charge is -2.17. The van der Waals surface area contributed by atoms with E-state index in [0.717, 1.165) is 30.5 Å². The highest BCUT2D eigenvalue weighted by Crippen LogP contribution is 2.31. The maximum Gasteiger partial charge on any atom is 0.251 e. The molecule has 0 atom stereocenters. The van der Waals surface area contributed by atoms with Gasteiger partial charge < -0.3 is 15.0 Å². The Hall–Kier alpha value is -4.20. The van der Waals surface area contributed by atoms with Crippen molar-refractivity contribution >= 4 is 39.3 Å². The smallest absolute Gasteiger partial charge is 0.251 e. The Kier molecular flexibility index (Phi) is 8.69. The summed E-state index contributed by atoms with van der Waals surface area (Å²) in [6.07, 6.45) is 2.52. The second-order valence-corrected chi connectivity index (χ2v) is 13.3. The minimum absolute atomic E-state index is 0.0282. The third-order valence-electron chi connectivity index (χ3n) is 7.77. The minimum Gasteiger partial charge on any atom is -0.495 e. The molecule has 2 aliphatic rings. The fourth-order valence-corrected chi connectivity index (χ4v) is 7.84. The summed E-state index contributed by atoms with van der Waals surface area (Å²) in [4.78, 5) is 28.3. The van der Waals surface area contributed by atoms with E-state index >= 15 is 0 Å². The van der Waals surface area contributed by atoms with Crippen LogP contribution < -0.4 is 15.0 Å². The van der Waals surface area contributed by atoms with Gasteiger partial charge in [-0.25, -0.2) is 8.42 Å². The molecule has 3 heterocycles. The normalized spacial score (nSPS) is 14.9. The van der Waals surface area contributed by atoms with Crippen LogP contribution in [0.2, 0.25) is 0 Å². The molecular formula is C31H32N6O5S2. The highest BCUT2D eigenvalue weighted by molar-refractivity contribution is 7.99. The molecule has 0 saturated carbocycles. The molecule has 228 valence electrons. The number of fused-ring (bicyclic) bond motifs is 1. The van der Waals surface area contributed by atoms with E-state index in [2.05, 4.69) is 15.5 Å². The van der Waals surface area contributed by atoms with Crippen LogP contribution in [-0.2, 0) is 27.8 Å². The molecule has 6 rings (SSSR count). The first-order chi connectivity index (χ1) is 21.4. The largest absolute Gasteiger partial charge is 0.495 e. The SMILES string of the molecule is COc1ccccc1-n1c(CNC(=O)c2ccc(S(=O)(=O)N3CCCC3)cc2)nnc1SCC(=O)N1CCc2ccccc21. The molecule has 0 spiro atoms. The Balaban J connectivity index is 1.18. The molecule has 3 aromatic carbocycles. The Morgan fingerprint density at radius 1 is 0.909 bits per heavy atom. The van der Waals surface area contributed by atoms with Gasteiger partial charge in [-0.05, 0) is 67.3 Å². The van der Waals surface area contributed by atoms with Crippen LogP contribution in [0.3, 0.4) is 0 Å². The van der Waals surface area contributed by atoms with Crippen molar-refractivity contribution in [3.8, 4) is 11.4 Å². The van der Waals surface area contributed by atoms with Crippen molar-refractivity contribution in [3.63, 3.8) is 0 Å². The van der Waals surface area contributed by atoms with Gasteiger partial charge >= 0.3 is 0 Å². The number of thioether (sulfide) groups is 1. The van der Waals surface area contributed by atoms with Crippen molar-refractivity contribution in [1.82, 2.24) is 24.4 Å². The van der Waals surface area contributed by atoms with Gasteiger partial charge in [0.2, 0.25) is 15.9 Å². The van der Waals surface area contributed by atoms with E-state index in [0.29, 0.717) is 47.6 Å². The lowest BCUT2D eigenvalue weighted by Crippen LogP contribution is -2.30. The summed E-state index contributed by atoms with van der Waals surface area (Å²) >= 11 is 1.27. The van der Waals surface area contributed by atoms with E-state index < -0.39 is 10.0 Å². The van der Waals surface area contributed by atoms with Gasteiger partial charge in [-0.15, -0.1) is 10.2 Å². The maximum absolute atomic E-state index is 13.2. The summed E-state index contributed by atoms with van der Waals surface area (Å²) in [6, 6.07) is 21.2. The number of carbonyl (C=O) groups is 2. The molecule has 1 fully saturated rings. The summed E-state index contributed by atoms with van der Waals surface area (Å²) in [6.45, 7) is 1.70. The van der Waals surface area contributed by atoms with E-state index in [4.69, 9.17) is 4.74 Å². The van der Waals surface area contributed by atoms with E-state index in [1.165, 1.54) is 40.3 Å². The average Bonchev–Trinajstić information content (AvgIpc) is 3.83. The lowest BCUT2D eigenvalue weighted by molar-refractivity contribution is -0.116. The molecular weight excluding hydrogens is 601 g/mol. The van der Waals surface area contributed by atoms with Crippen molar-refractivity contribution in [2.75, 3.05) is 37.4 Å². The summed E-state index contributed by atoms with van der Waals surface area (Å²) in [7, 11) is -2.00. The molecule has 44 heavy (non-hydrogen) atoms. The molecule has 0 radical (unpaired) electrons. The Morgan fingerprint density at radius 3 is 2.36 bits per heavy atom. The standard InChI is InChI=1S/C31H32N6O5S2/c1-42-27-11-5-4-10-26(27)37-28(33-34-31(37)43-21-29(38)36-19-16-22-8-2-3-9-25(22)36)20-32-30(39)23-12-14-24(15-13-23)44(40,41)35-17-6-7-18-35/h2-5,8-15H,6-7,16-21H2,1H3,(H,32,39). The van der Waals surface area contributed by atoms with E-state index in [-0.39, 0.29) is 29.0 Å². The number of methoxy groups -OCH3 is 1. The number of hydrogen-bond donors (Lipinski definition) is 1. The van der Waals surface area contributed by atoms with Crippen LogP contribution in [0.15, 0.2) is 82.8 Å². The predicted molar refractivity (Wildman–Crippen MR) is 167 cm³/mol. The summed E-state index contributed by atoms with van der Waals surface area (Å²) in [5.74, 6) is 0.760. The van der Waals surface area contributed by atoms with Crippen LogP contribution in [0.4, 0.5) is 5.69 Å². The van der Waals surface area contributed by atoms with Crippen molar-refractivity contribution in [1.29, 1.82) is 0 Å². The van der Waals surface area contributed by atoms with Gasteiger partial charge in [-0.2, -0.15) is 4.31 Å². The maximum atomic E-state index is 13.2. The molecule has 1 aromatic heterocycles. The molecule has 2 amide bonds. The van der Waals surface area contributed by atoms with Crippen LogP contribution in [0, 0.1) is 0 Å². The van der Waals surface area contributed by atoms with Gasteiger partial charge in [0.1, 0.15) is 5.75 Å². The van der Waals surface area contributed by atoms with Crippen LogP contribution in [0.25, 0.3) is 5.69 Å². The lowest BCUT2D eigenvalue weighted by atomic mass is 10.2. The second-order valence-electron chi connectivity index (χ2n) is 10.4. The molecule has 11 nitrogen and oxygen atoms in total. The zero-order chi connectivity index (χ0) is 30.7. The number of carbonyl (C=O) groups excluding carboxylic acids is 2. The molecule has 0 aliphatic carbocycles. The number of hydrogen-bond acceptors (Lipinski definition) is 8. The Labute approximate surface area is 260 Å². The fourth-order valence-electron chi connectivity index (χ4n) is 5.48. The second kappa shape index (κ2) is 12.8. The number of anilines is 1. The van der Waals surface area contributed by atoms with Crippen LogP contribution in [0.1, 0.15) is 34.6 Å². The summed E-state index contributed by atoms with van der Waals surface area (Å²) in [5.41, 5.74) is 3.08. The van der Waals surface area contributed by atoms with E-state index in [1.54, 1.807) is 16.6 Å². The number of para-hydroxylation sites is 3. The highest BCUT2D eigenvalue weighted by atomic mass is 32.2. The minimum atomic E-state index is -3.57. The first-order valence-electron chi connectivity index (χ1n) is 14.3. The van der Waals surface area contributed by atoms with Crippen molar-refractivity contribution in [3.05, 3.63) is 89.7 Å². The average molecular weight is 633 g/mol. The number of ether oxygens (including phenoxy) is 1. The fraction of sp³-hybridized carbons (Fsp3) is 0.290. The number of benzene rings is 3. The quantitative estimate of drug-likeness (QED) is 0.263. The van der Waals surface area contributed by atoms with Crippen molar-refractivity contribution in [2.45, 2.75) is 35.9 Å². The number of amides is 2. The number of aromatic nitrogens is 3. The third-order valence-corrected chi connectivity index (χ3v) is 10.6. The predicted octanol–water partition coefficient (Wildman–Crippen LogP) is 3.67. The summed E-state index contributed by atoms with van der Waals surface area (Å²) < 4.78 is 34.5. The van der Waals surface area contributed by atoms with Crippen molar-refractivity contribution in [2.24, 2.45) is 0 Å². The van der Waals surface area contributed by atoms with Gasteiger partial charge in [0, 0.05) is 30.9 Å². The Bertz CT molecular complexity index is 1790. The van der Waals surface area contributed by atoms with Crippen molar-refractivity contribution < 1.29 is 22.7 Å². The number of rotatable bonds is 10. The van der Waals surface area contributed by atoms with Gasteiger partial charge in [-0.3, -0.25) is 14.2 Å². The van der Waals surface area contributed by atoms with Crippen LogP contribution in [-0.4, -0.2) is 71.8 Å². The van der Waals surface area contributed by atoms with E-state index in [1.807, 2.05) is 48.5 Å². The number of nitrogens with one attached hydrogen (secondary N) is 1. The molecule has 4 aromatic rings. The molecule has 0 bridgehead atoms. The first-order valence-corrected chi connectivity index (χ1v) is 16.8.